The summed E-state index contributed by atoms with van der Waals surface area (Å²) in [6.45, 7) is 3.50. The lowest BCUT2D eigenvalue weighted by molar-refractivity contribution is -0.389. The van der Waals surface area contributed by atoms with Gasteiger partial charge in [-0.05, 0) is 64.7 Å². The number of nitrogens with zero attached hydrogens (tertiary/aromatic N) is 5. The summed E-state index contributed by atoms with van der Waals surface area (Å²) in [5, 5.41) is 22.0. The molecule has 2 aromatic heterocycles. The van der Waals surface area contributed by atoms with Crippen molar-refractivity contribution in [2.24, 2.45) is 0 Å². The second-order valence-electron chi connectivity index (χ2n) is 8.58. The zero-order chi connectivity index (χ0) is 24.6. The lowest BCUT2D eigenvalue weighted by Gasteiger charge is -2.32. The number of halogens is 4. The average Bonchev–Trinajstić information content (AvgIpc) is 3.13. The number of aromatic nitrogens is 3. The number of fused-ring (bicyclic) bond motifs is 1. The maximum atomic E-state index is 13.6. The number of benzene rings is 1. The molecule has 0 saturated heterocycles. The summed E-state index contributed by atoms with van der Waals surface area (Å²) in [6, 6.07) is 5.35. The zero-order valence-corrected chi connectivity index (χ0v) is 19.7. The first-order valence-corrected chi connectivity index (χ1v) is 11.2. The Morgan fingerprint density at radius 2 is 2.00 bits per heavy atom. The lowest BCUT2D eigenvalue weighted by Crippen LogP contribution is -2.38. The standard InChI is InChI=1S/C22H21Cl2F2N5O3/c1-22(32,12-30-11-19(31(33)34)28-21(30)24)5-7-29-6-4-18-14(10-29)8-15(23)20(27-18)13-2-3-16(25)17(26)9-13/h2-3,8-9,11,32H,4-7,10,12H2,1H3. The molecule has 0 amide bonds. The molecular weight excluding hydrogens is 491 g/mol. The van der Waals surface area contributed by atoms with Crippen molar-refractivity contribution in [2.45, 2.75) is 38.5 Å². The molecule has 3 aromatic rings. The van der Waals surface area contributed by atoms with Crippen molar-refractivity contribution in [1.29, 1.82) is 0 Å². The Labute approximate surface area is 203 Å². The van der Waals surface area contributed by atoms with Crippen LogP contribution in [0.4, 0.5) is 14.6 Å². The highest BCUT2D eigenvalue weighted by atomic mass is 35.5. The molecule has 0 saturated carbocycles. The molecule has 1 atom stereocenters. The molecule has 1 aliphatic rings. The number of rotatable bonds is 7. The third kappa shape index (κ3) is 5.35. The molecule has 1 aliphatic heterocycles. The third-order valence-corrected chi connectivity index (χ3v) is 6.37. The minimum absolute atomic E-state index is 0.0576. The summed E-state index contributed by atoms with van der Waals surface area (Å²) in [6.07, 6.45) is 2.22. The van der Waals surface area contributed by atoms with Gasteiger partial charge in [-0.25, -0.2) is 8.78 Å². The van der Waals surface area contributed by atoms with Gasteiger partial charge in [0, 0.05) is 37.3 Å². The van der Waals surface area contributed by atoms with E-state index < -0.39 is 22.2 Å². The van der Waals surface area contributed by atoms with Crippen molar-refractivity contribution in [3.05, 3.63) is 73.8 Å². The van der Waals surface area contributed by atoms with Gasteiger partial charge in [0.1, 0.15) is 6.20 Å². The Balaban J connectivity index is 1.42. The van der Waals surface area contributed by atoms with Gasteiger partial charge in [0.15, 0.2) is 11.6 Å². The van der Waals surface area contributed by atoms with Crippen molar-refractivity contribution >= 4 is 29.0 Å². The number of nitro groups is 1. The Bertz CT molecular complexity index is 1250. The first kappa shape index (κ1) is 24.5. The predicted molar refractivity (Wildman–Crippen MR) is 123 cm³/mol. The first-order valence-electron chi connectivity index (χ1n) is 10.5. The third-order valence-electron chi connectivity index (χ3n) is 5.78. The van der Waals surface area contributed by atoms with Gasteiger partial charge >= 0.3 is 11.1 Å². The van der Waals surface area contributed by atoms with Crippen molar-refractivity contribution in [3.63, 3.8) is 0 Å². The van der Waals surface area contributed by atoms with E-state index in [2.05, 4.69) is 14.9 Å². The minimum atomic E-state index is -1.18. The fraction of sp³-hybridized carbons (Fsp3) is 0.364. The molecule has 0 fully saturated rings. The first-order chi connectivity index (χ1) is 16.0. The van der Waals surface area contributed by atoms with Crippen LogP contribution in [0.2, 0.25) is 10.3 Å². The molecule has 0 bridgehead atoms. The van der Waals surface area contributed by atoms with Crippen LogP contribution in [0, 0.1) is 21.7 Å². The van der Waals surface area contributed by atoms with Crippen LogP contribution in [0.15, 0.2) is 30.5 Å². The predicted octanol–water partition coefficient (Wildman–Crippen LogP) is 4.64. The highest BCUT2D eigenvalue weighted by Crippen LogP contribution is 2.31. The van der Waals surface area contributed by atoms with Crippen LogP contribution in [0.25, 0.3) is 11.3 Å². The maximum absolute atomic E-state index is 13.6. The average molecular weight is 512 g/mol. The molecule has 8 nitrogen and oxygen atoms in total. The molecular formula is C22H21Cl2F2N5O3. The molecule has 1 aromatic carbocycles. The van der Waals surface area contributed by atoms with Crippen LogP contribution >= 0.6 is 23.2 Å². The second kappa shape index (κ2) is 9.53. The van der Waals surface area contributed by atoms with Gasteiger partial charge in [-0.3, -0.25) is 14.5 Å². The van der Waals surface area contributed by atoms with Gasteiger partial charge in [0.25, 0.3) is 0 Å². The van der Waals surface area contributed by atoms with Gasteiger partial charge in [0.2, 0.25) is 0 Å². The summed E-state index contributed by atoms with van der Waals surface area (Å²) >= 11 is 12.4. The van der Waals surface area contributed by atoms with Crippen molar-refractivity contribution in [1.82, 2.24) is 19.4 Å². The monoisotopic (exact) mass is 511 g/mol. The minimum Gasteiger partial charge on any atom is -0.388 e. The fourth-order valence-corrected chi connectivity index (χ4v) is 4.44. The highest BCUT2D eigenvalue weighted by molar-refractivity contribution is 6.33. The van der Waals surface area contributed by atoms with Gasteiger partial charge in [-0.15, -0.1) is 0 Å². The molecule has 0 radical (unpaired) electrons. The highest BCUT2D eigenvalue weighted by Gasteiger charge is 2.28. The number of aliphatic hydroxyl groups is 1. The Hall–Kier alpha value is -2.66. The van der Waals surface area contributed by atoms with Gasteiger partial charge in [-0.2, -0.15) is 0 Å². The molecule has 1 unspecified atom stereocenters. The molecule has 3 heterocycles. The van der Waals surface area contributed by atoms with E-state index in [-0.39, 0.29) is 17.6 Å². The van der Waals surface area contributed by atoms with Gasteiger partial charge in [-0.1, -0.05) is 11.6 Å². The SMILES string of the molecule is CC(O)(CCN1CCc2nc(-c3ccc(F)c(F)c3)c(Cl)cc2C1)Cn1cc([N+](=O)[O-])nc1Cl. The number of hydrogen-bond acceptors (Lipinski definition) is 6. The Morgan fingerprint density at radius 1 is 1.24 bits per heavy atom. The van der Waals surface area contributed by atoms with Gasteiger partial charge < -0.3 is 15.2 Å². The normalized spacial score (nSPS) is 15.7. The second-order valence-corrected chi connectivity index (χ2v) is 9.33. The smallest absolute Gasteiger partial charge is 0.383 e. The topological polar surface area (TPSA) is 97.3 Å². The van der Waals surface area contributed by atoms with E-state index in [9.17, 15) is 24.0 Å². The Morgan fingerprint density at radius 3 is 2.68 bits per heavy atom. The molecule has 12 heteroatoms. The van der Waals surface area contributed by atoms with Crippen LogP contribution in [-0.4, -0.2) is 48.2 Å². The summed E-state index contributed by atoms with van der Waals surface area (Å²) in [7, 11) is 0. The molecule has 1 N–H and O–H groups in total. The lowest BCUT2D eigenvalue weighted by atomic mass is 9.99. The van der Waals surface area contributed by atoms with Crippen molar-refractivity contribution in [3.8, 4) is 11.3 Å². The van der Waals surface area contributed by atoms with E-state index in [4.69, 9.17) is 23.2 Å². The summed E-state index contributed by atoms with van der Waals surface area (Å²) in [5.74, 6) is -2.27. The quantitative estimate of drug-likeness (QED) is 0.366. The van der Waals surface area contributed by atoms with Crippen LogP contribution < -0.4 is 0 Å². The summed E-state index contributed by atoms with van der Waals surface area (Å²) in [5.41, 5.74) is 1.40. The van der Waals surface area contributed by atoms with Crippen LogP contribution in [-0.2, 0) is 19.5 Å². The van der Waals surface area contributed by atoms with Crippen molar-refractivity contribution in [2.75, 3.05) is 13.1 Å². The summed E-state index contributed by atoms with van der Waals surface area (Å²) < 4.78 is 28.3. The van der Waals surface area contributed by atoms with E-state index >= 15 is 0 Å². The number of pyridine rings is 1. The molecule has 34 heavy (non-hydrogen) atoms. The number of hydrogen-bond donors (Lipinski definition) is 1. The van der Waals surface area contributed by atoms with E-state index in [0.29, 0.717) is 48.8 Å². The molecule has 4 rings (SSSR count). The van der Waals surface area contributed by atoms with Crippen LogP contribution in [0.1, 0.15) is 24.6 Å². The Kier molecular flexibility index (Phi) is 6.86. The summed E-state index contributed by atoms with van der Waals surface area (Å²) in [4.78, 5) is 20.6. The number of imidazole rings is 1. The van der Waals surface area contributed by atoms with E-state index in [0.717, 1.165) is 23.4 Å². The van der Waals surface area contributed by atoms with E-state index in [1.165, 1.54) is 16.8 Å². The zero-order valence-electron chi connectivity index (χ0n) is 18.1. The van der Waals surface area contributed by atoms with E-state index in [1.54, 1.807) is 13.0 Å². The maximum Gasteiger partial charge on any atom is 0.383 e. The molecule has 0 spiro atoms. The van der Waals surface area contributed by atoms with E-state index in [1.807, 2.05) is 0 Å². The fourth-order valence-electron chi connectivity index (χ4n) is 3.96. The van der Waals surface area contributed by atoms with Gasteiger partial charge in [0.05, 0.1) is 22.9 Å². The molecule has 180 valence electrons. The van der Waals surface area contributed by atoms with Crippen molar-refractivity contribution < 1.29 is 18.8 Å². The van der Waals surface area contributed by atoms with Crippen LogP contribution in [0.3, 0.4) is 0 Å². The molecule has 0 aliphatic carbocycles. The largest absolute Gasteiger partial charge is 0.388 e. The van der Waals surface area contributed by atoms with Crippen LogP contribution in [0.5, 0.6) is 0 Å².